The van der Waals surface area contributed by atoms with E-state index < -0.39 is 15.3 Å². The van der Waals surface area contributed by atoms with Crippen molar-refractivity contribution in [2.75, 3.05) is 50.9 Å². The first-order valence-corrected chi connectivity index (χ1v) is 25.6. The number of nitrogens with one attached hydrogen (secondary N) is 1. The highest BCUT2D eigenvalue weighted by Crippen LogP contribution is 2.76. The number of sulfone groups is 1. The van der Waals surface area contributed by atoms with Crippen molar-refractivity contribution in [3.05, 3.63) is 47.0 Å². The first kappa shape index (κ1) is 42.7. The van der Waals surface area contributed by atoms with Crippen LogP contribution in [0.4, 0.5) is 0 Å². The Morgan fingerprint density at radius 2 is 1.74 bits per heavy atom. The molecule has 2 heterocycles. The molecule has 0 aromatic carbocycles. The van der Waals surface area contributed by atoms with Gasteiger partial charge in [0.15, 0.2) is 9.84 Å². The topological polar surface area (TPSA) is 97.8 Å². The molecule has 1 N–H and O–H groups in total. The molecule has 0 bridgehead atoms. The van der Waals surface area contributed by atoms with Crippen LogP contribution in [0.25, 0.3) is 0 Å². The van der Waals surface area contributed by atoms with Gasteiger partial charge >= 0.3 is 5.97 Å². The van der Waals surface area contributed by atoms with E-state index in [2.05, 4.69) is 75.5 Å². The standard InChI is InChI=1S/C48H73N3O5S2/c1-9-55-41(52)47(32-56-42-49-25-29-57-42)19-12-34(13-20-47)36-15-17-44(6)38(43(36,4)5)16-18-46(8)39(44)11-10-37-40-35(33(2)3)14-21-48(40,23-22-45(37,46)7)50-24-26-51-27-30-58(53,54)31-28-51/h12,15,25,29,35,37-40,50H,2,9-11,13-14,16-24,26-28,30-32H2,1,3-8H3/t35-,37+,38-,39+,40+,44-,45+,46+,47?,48-/m0/s1. The van der Waals surface area contributed by atoms with Crippen molar-refractivity contribution in [3.63, 3.8) is 0 Å². The van der Waals surface area contributed by atoms with Gasteiger partial charge in [-0.15, -0.1) is 0 Å². The van der Waals surface area contributed by atoms with Crippen molar-refractivity contribution in [2.24, 2.45) is 56.7 Å². The SMILES string of the molecule is C=C(C)[C@@H]1CC[C@]2(NCCN3CCS(=O)(=O)CC3)CC[C@]3(C)[C@H](CC[C@@H]4[C@@]5(C)CC=C(C6=CCC(COc7nccs7)(C(=O)OCC)CC6)C(C)(C)[C@@H]5CC[C@]43C)[C@@H]12. The minimum absolute atomic E-state index is 0.0416. The second-order valence-electron chi connectivity index (χ2n) is 21.3. The van der Waals surface area contributed by atoms with Crippen LogP contribution in [0, 0.1) is 56.7 Å². The average molecular weight is 836 g/mol. The van der Waals surface area contributed by atoms with Gasteiger partial charge in [0, 0.05) is 43.3 Å². The molecule has 10 atom stereocenters. The van der Waals surface area contributed by atoms with Gasteiger partial charge in [0.1, 0.15) is 12.0 Å². The number of esters is 1. The van der Waals surface area contributed by atoms with Gasteiger partial charge in [-0.25, -0.2) is 13.4 Å². The third-order valence-corrected chi connectivity index (χ3v) is 20.8. The van der Waals surface area contributed by atoms with Crippen molar-refractivity contribution in [3.8, 4) is 5.19 Å². The van der Waals surface area contributed by atoms with Crippen LogP contribution in [0.15, 0.2) is 47.0 Å². The quantitative estimate of drug-likeness (QED) is 0.174. The number of fused-ring (bicyclic) bond motifs is 7. The van der Waals surface area contributed by atoms with Crippen LogP contribution in [-0.2, 0) is 19.4 Å². The molecule has 0 radical (unpaired) electrons. The van der Waals surface area contributed by atoms with E-state index in [4.69, 9.17) is 9.47 Å². The molecule has 5 fully saturated rings. The molecule has 4 saturated carbocycles. The lowest BCUT2D eigenvalue weighted by atomic mass is 9.33. The van der Waals surface area contributed by atoms with Crippen LogP contribution in [-0.4, -0.2) is 80.7 Å². The number of aromatic nitrogens is 1. The number of rotatable bonds is 11. The lowest BCUT2D eigenvalue weighted by molar-refractivity contribution is -0.221. The third-order valence-electron chi connectivity index (χ3n) is 18.5. The minimum Gasteiger partial charge on any atom is -0.469 e. The zero-order valence-electron chi connectivity index (χ0n) is 36.8. The molecule has 10 heteroatoms. The summed E-state index contributed by atoms with van der Waals surface area (Å²) in [6.45, 7) is 25.9. The zero-order chi connectivity index (χ0) is 41.4. The van der Waals surface area contributed by atoms with Crippen molar-refractivity contribution in [2.45, 2.75) is 131 Å². The predicted octanol–water partition coefficient (Wildman–Crippen LogP) is 9.45. The number of hydrogen-bond donors (Lipinski definition) is 1. The highest BCUT2D eigenvalue weighted by atomic mass is 32.2. The Morgan fingerprint density at radius 1 is 0.966 bits per heavy atom. The largest absolute Gasteiger partial charge is 0.469 e. The van der Waals surface area contributed by atoms with E-state index >= 15 is 0 Å². The number of nitrogens with zero attached hydrogens (tertiary/aromatic N) is 2. The van der Waals surface area contributed by atoms with E-state index in [9.17, 15) is 13.2 Å². The monoisotopic (exact) mass is 835 g/mol. The van der Waals surface area contributed by atoms with Gasteiger partial charge in [-0.3, -0.25) is 4.79 Å². The van der Waals surface area contributed by atoms with E-state index in [0.29, 0.717) is 79.0 Å². The fourth-order valence-electron chi connectivity index (χ4n) is 15.3. The highest BCUT2D eigenvalue weighted by molar-refractivity contribution is 7.91. The number of ether oxygens (including phenoxy) is 2. The summed E-state index contributed by atoms with van der Waals surface area (Å²) in [7, 11) is -2.87. The normalized spacial score (nSPS) is 41.8. The molecule has 1 aliphatic heterocycles. The van der Waals surface area contributed by atoms with E-state index in [1.165, 1.54) is 79.4 Å². The Balaban J connectivity index is 1.02. The predicted molar refractivity (Wildman–Crippen MR) is 234 cm³/mol. The number of carbonyl (C=O) groups excluding carboxylic acids is 1. The van der Waals surface area contributed by atoms with Crippen molar-refractivity contribution in [1.29, 1.82) is 0 Å². The maximum Gasteiger partial charge on any atom is 0.315 e. The fourth-order valence-corrected chi connectivity index (χ4v) is 17.1. The molecule has 1 aromatic heterocycles. The Bertz CT molecular complexity index is 1890. The summed E-state index contributed by atoms with van der Waals surface area (Å²) in [5.41, 5.74) is 4.61. The summed E-state index contributed by atoms with van der Waals surface area (Å²) in [5, 5.41) is 6.75. The second-order valence-corrected chi connectivity index (χ2v) is 24.5. The molecule has 8 rings (SSSR count). The van der Waals surface area contributed by atoms with Crippen LogP contribution >= 0.6 is 11.3 Å². The van der Waals surface area contributed by atoms with E-state index in [1.807, 2.05) is 12.3 Å². The number of hydrogen-bond acceptors (Lipinski definition) is 9. The molecule has 322 valence electrons. The third kappa shape index (κ3) is 6.92. The van der Waals surface area contributed by atoms with Gasteiger partial charge in [0.05, 0.1) is 18.1 Å². The Kier molecular flexibility index (Phi) is 11.3. The lowest BCUT2D eigenvalue weighted by Gasteiger charge is -2.72. The molecule has 7 aliphatic rings. The molecule has 0 spiro atoms. The second kappa shape index (κ2) is 15.4. The molecule has 58 heavy (non-hydrogen) atoms. The Hall–Kier alpha value is -2.01. The average Bonchev–Trinajstić information content (AvgIpc) is 3.84. The van der Waals surface area contributed by atoms with Gasteiger partial charge in [0.2, 0.25) is 0 Å². The maximum atomic E-state index is 13.5. The number of allylic oxidation sites excluding steroid dienone is 5. The van der Waals surface area contributed by atoms with E-state index in [0.717, 1.165) is 32.4 Å². The zero-order valence-corrected chi connectivity index (χ0v) is 38.4. The molecule has 6 aliphatic carbocycles. The summed E-state index contributed by atoms with van der Waals surface area (Å²) in [5.74, 6) is 3.57. The summed E-state index contributed by atoms with van der Waals surface area (Å²) >= 11 is 1.46. The van der Waals surface area contributed by atoms with Crippen LogP contribution in [0.2, 0.25) is 0 Å². The first-order chi connectivity index (χ1) is 27.4. The van der Waals surface area contributed by atoms with E-state index in [1.54, 1.807) is 6.20 Å². The van der Waals surface area contributed by atoms with Crippen molar-refractivity contribution < 1.29 is 22.7 Å². The van der Waals surface area contributed by atoms with Crippen LogP contribution in [0.1, 0.15) is 126 Å². The van der Waals surface area contributed by atoms with Gasteiger partial charge < -0.3 is 19.7 Å². The summed E-state index contributed by atoms with van der Waals surface area (Å²) in [6, 6.07) is 0. The summed E-state index contributed by atoms with van der Waals surface area (Å²) in [6.07, 6.45) is 20.3. The number of thiazole rings is 1. The van der Waals surface area contributed by atoms with Crippen LogP contribution in [0.3, 0.4) is 0 Å². The molecular weight excluding hydrogens is 763 g/mol. The highest BCUT2D eigenvalue weighted by Gasteiger charge is 2.70. The Labute approximate surface area is 354 Å². The molecular formula is C48H73N3O5S2. The Morgan fingerprint density at radius 3 is 2.41 bits per heavy atom. The van der Waals surface area contributed by atoms with Crippen molar-refractivity contribution in [1.82, 2.24) is 15.2 Å². The van der Waals surface area contributed by atoms with Crippen LogP contribution in [0.5, 0.6) is 5.19 Å². The van der Waals surface area contributed by atoms with Gasteiger partial charge in [-0.1, -0.05) is 70.3 Å². The van der Waals surface area contributed by atoms with Crippen LogP contribution < -0.4 is 10.1 Å². The van der Waals surface area contributed by atoms with Gasteiger partial charge in [-0.05, 0) is 153 Å². The molecule has 8 nitrogen and oxygen atoms in total. The lowest BCUT2D eigenvalue weighted by Crippen LogP contribution is -2.68. The molecule has 0 amide bonds. The summed E-state index contributed by atoms with van der Waals surface area (Å²) < 4.78 is 35.9. The molecule has 1 saturated heterocycles. The van der Waals surface area contributed by atoms with E-state index in [-0.39, 0.29) is 33.2 Å². The maximum absolute atomic E-state index is 13.5. The van der Waals surface area contributed by atoms with Gasteiger partial charge in [0.25, 0.3) is 5.19 Å². The van der Waals surface area contributed by atoms with Gasteiger partial charge in [-0.2, -0.15) is 0 Å². The number of carbonyl (C=O) groups is 1. The fraction of sp³-hybridized carbons (Fsp3) is 0.792. The van der Waals surface area contributed by atoms with Crippen molar-refractivity contribution >= 4 is 27.1 Å². The summed E-state index contributed by atoms with van der Waals surface area (Å²) in [4.78, 5) is 20.1. The first-order valence-electron chi connectivity index (χ1n) is 22.9. The minimum atomic E-state index is -2.87. The molecule has 1 unspecified atom stereocenters. The smallest absolute Gasteiger partial charge is 0.315 e. The molecule has 1 aromatic rings.